The molecule has 3 rings (SSSR count). The van der Waals surface area contributed by atoms with Crippen LogP contribution in [0.25, 0.3) is 0 Å². The van der Waals surface area contributed by atoms with Crippen molar-refractivity contribution in [3.05, 3.63) is 68.7 Å². The zero-order valence-electron chi connectivity index (χ0n) is 20.3. The lowest BCUT2D eigenvalue weighted by molar-refractivity contribution is -0.150. The molecule has 188 valence electrons. The molecule has 1 aliphatic heterocycles. The van der Waals surface area contributed by atoms with E-state index in [0.717, 1.165) is 22.9 Å². The Balaban J connectivity index is 1.92. The summed E-state index contributed by atoms with van der Waals surface area (Å²) in [6.07, 6.45) is 0. The van der Waals surface area contributed by atoms with Gasteiger partial charge in [0.25, 0.3) is 0 Å². The van der Waals surface area contributed by atoms with Crippen LogP contribution < -0.4 is 15.4 Å². The zero-order chi connectivity index (χ0) is 26.4. The first-order chi connectivity index (χ1) is 17.2. The van der Waals surface area contributed by atoms with E-state index in [9.17, 15) is 19.6 Å². The van der Waals surface area contributed by atoms with Crippen molar-refractivity contribution in [2.75, 3.05) is 24.8 Å². The van der Waals surface area contributed by atoms with Crippen molar-refractivity contribution in [1.82, 2.24) is 5.32 Å². The number of esters is 1. The number of carbonyl (C=O) groups is 3. The van der Waals surface area contributed by atoms with Gasteiger partial charge in [0.2, 0.25) is 11.8 Å². The van der Waals surface area contributed by atoms with Gasteiger partial charge < -0.3 is 20.1 Å². The number of aryl methyl sites for hydroxylation is 2. The molecule has 1 heterocycles. The molecule has 2 atom stereocenters. The monoisotopic (exact) mass is 527 g/mol. The second kappa shape index (κ2) is 12.0. The molecular formula is C26H26ClN3O5S. The summed E-state index contributed by atoms with van der Waals surface area (Å²) in [6, 6.07) is 12.6. The Morgan fingerprint density at radius 3 is 2.58 bits per heavy atom. The molecule has 0 aromatic heterocycles. The quantitative estimate of drug-likeness (QED) is 0.384. The average Bonchev–Trinajstić information content (AvgIpc) is 2.84. The molecule has 2 aromatic carbocycles. The molecule has 0 spiro atoms. The number of amides is 2. The number of ether oxygens (including phenoxy) is 2. The third kappa shape index (κ3) is 6.01. The van der Waals surface area contributed by atoms with Crippen LogP contribution in [-0.4, -0.2) is 37.3 Å². The van der Waals surface area contributed by atoms with Crippen LogP contribution in [-0.2, 0) is 19.1 Å². The van der Waals surface area contributed by atoms with Crippen LogP contribution >= 0.6 is 23.4 Å². The van der Waals surface area contributed by atoms with E-state index in [4.69, 9.17) is 21.1 Å². The average molecular weight is 528 g/mol. The number of carbonyl (C=O) groups excluding carboxylic acids is 3. The molecule has 0 radical (unpaired) electrons. The minimum Gasteiger partial charge on any atom is -0.492 e. The van der Waals surface area contributed by atoms with E-state index in [-0.39, 0.29) is 27.3 Å². The van der Waals surface area contributed by atoms with E-state index in [1.807, 2.05) is 39.0 Å². The van der Waals surface area contributed by atoms with E-state index >= 15 is 0 Å². The van der Waals surface area contributed by atoms with E-state index < -0.39 is 23.7 Å². The summed E-state index contributed by atoms with van der Waals surface area (Å²) in [4.78, 5) is 38.2. The van der Waals surface area contributed by atoms with Crippen LogP contribution in [0.3, 0.4) is 0 Å². The standard InChI is InChI=1S/C26H26ClN3O5S/c1-5-35-20-9-7-16(11-18(20)27)22-17(12-28)25(30-24(32)23(22)26(33)34-4)36-13-21(31)29-19-8-6-14(2)10-15(19)3/h6-11,22-23H,5,13H2,1-4H3,(H,29,31)(H,30,32)/t22-,23+/m1/s1. The largest absolute Gasteiger partial charge is 0.492 e. The molecule has 2 amide bonds. The molecule has 2 N–H and O–H groups in total. The first kappa shape index (κ1) is 27.1. The highest BCUT2D eigenvalue weighted by atomic mass is 35.5. The van der Waals surface area contributed by atoms with Crippen LogP contribution in [0.4, 0.5) is 5.69 Å². The normalized spacial score (nSPS) is 17.2. The molecule has 8 nitrogen and oxygen atoms in total. The Kier molecular flexibility index (Phi) is 9.02. The summed E-state index contributed by atoms with van der Waals surface area (Å²) in [5.74, 6) is -3.59. The van der Waals surface area contributed by atoms with Crippen molar-refractivity contribution in [2.45, 2.75) is 26.7 Å². The number of thioether (sulfide) groups is 1. The summed E-state index contributed by atoms with van der Waals surface area (Å²) in [7, 11) is 1.18. The summed E-state index contributed by atoms with van der Waals surface area (Å²) in [5, 5.41) is 16.0. The molecule has 36 heavy (non-hydrogen) atoms. The van der Waals surface area contributed by atoms with E-state index in [1.54, 1.807) is 18.2 Å². The molecule has 10 heteroatoms. The number of nitrogens with one attached hydrogen (secondary N) is 2. The molecule has 2 aromatic rings. The number of methoxy groups -OCH3 is 1. The van der Waals surface area contributed by atoms with Crippen molar-refractivity contribution in [1.29, 1.82) is 5.26 Å². The summed E-state index contributed by atoms with van der Waals surface area (Å²) in [5.41, 5.74) is 3.29. The number of nitriles is 1. The van der Waals surface area contributed by atoms with Crippen molar-refractivity contribution in [2.24, 2.45) is 5.92 Å². The number of nitrogens with zero attached hydrogens (tertiary/aromatic N) is 1. The second-order valence-electron chi connectivity index (χ2n) is 8.10. The molecule has 0 unspecified atom stereocenters. The maximum absolute atomic E-state index is 13.0. The van der Waals surface area contributed by atoms with Gasteiger partial charge in [0.1, 0.15) is 11.7 Å². The van der Waals surface area contributed by atoms with E-state index in [1.165, 1.54) is 7.11 Å². The Morgan fingerprint density at radius 2 is 1.97 bits per heavy atom. The van der Waals surface area contributed by atoms with Crippen LogP contribution in [0.1, 0.15) is 29.5 Å². The first-order valence-electron chi connectivity index (χ1n) is 11.1. The molecule has 0 saturated heterocycles. The maximum Gasteiger partial charge on any atom is 0.319 e. The lowest BCUT2D eigenvalue weighted by Gasteiger charge is -2.31. The highest BCUT2D eigenvalue weighted by molar-refractivity contribution is 8.03. The lowest BCUT2D eigenvalue weighted by Crippen LogP contribution is -2.44. The maximum atomic E-state index is 13.0. The van der Waals surface area contributed by atoms with Crippen molar-refractivity contribution in [3.8, 4) is 11.8 Å². The van der Waals surface area contributed by atoms with Gasteiger partial charge in [0.15, 0.2) is 0 Å². The third-order valence-electron chi connectivity index (χ3n) is 5.60. The molecule has 0 aliphatic carbocycles. The van der Waals surface area contributed by atoms with Crippen LogP contribution in [0.2, 0.25) is 5.02 Å². The number of rotatable bonds is 8. The van der Waals surface area contributed by atoms with Crippen molar-refractivity contribution >= 4 is 46.8 Å². The Morgan fingerprint density at radius 1 is 1.22 bits per heavy atom. The molecule has 0 bridgehead atoms. The van der Waals surface area contributed by atoms with Gasteiger partial charge >= 0.3 is 5.97 Å². The highest BCUT2D eigenvalue weighted by Crippen LogP contribution is 2.42. The fraction of sp³-hybridized carbons (Fsp3) is 0.308. The molecular weight excluding hydrogens is 502 g/mol. The number of anilines is 1. The van der Waals surface area contributed by atoms with Gasteiger partial charge in [-0.25, -0.2) is 0 Å². The van der Waals surface area contributed by atoms with Gasteiger partial charge in [-0.2, -0.15) is 5.26 Å². The van der Waals surface area contributed by atoms with Gasteiger partial charge in [0.05, 0.1) is 41.2 Å². The van der Waals surface area contributed by atoms with Crippen molar-refractivity contribution < 1.29 is 23.9 Å². The zero-order valence-corrected chi connectivity index (χ0v) is 21.9. The van der Waals surface area contributed by atoms with Gasteiger partial charge in [0, 0.05) is 11.6 Å². The minimum atomic E-state index is -1.30. The van der Waals surface area contributed by atoms with Crippen LogP contribution in [0.5, 0.6) is 5.75 Å². The Labute approximate surface area is 219 Å². The fourth-order valence-electron chi connectivity index (χ4n) is 3.94. The first-order valence-corrected chi connectivity index (χ1v) is 12.5. The van der Waals surface area contributed by atoms with E-state index in [2.05, 4.69) is 16.7 Å². The summed E-state index contributed by atoms with van der Waals surface area (Å²) >= 11 is 7.36. The highest BCUT2D eigenvalue weighted by Gasteiger charge is 2.44. The molecule has 0 saturated carbocycles. The fourth-order valence-corrected chi connectivity index (χ4v) is 5.03. The predicted molar refractivity (Wildman–Crippen MR) is 139 cm³/mol. The van der Waals surface area contributed by atoms with Crippen molar-refractivity contribution in [3.63, 3.8) is 0 Å². The second-order valence-corrected chi connectivity index (χ2v) is 9.49. The van der Waals surface area contributed by atoms with Gasteiger partial charge in [-0.3, -0.25) is 14.4 Å². The summed E-state index contributed by atoms with van der Waals surface area (Å²) < 4.78 is 10.3. The van der Waals surface area contributed by atoms with Gasteiger partial charge in [-0.05, 0) is 50.1 Å². The van der Waals surface area contributed by atoms with Crippen LogP contribution in [0, 0.1) is 31.1 Å². The predicted octanol–water partition coefficient (Wildman–Crippen LogP) is 4.47. The summed E-state index contributed by atoms with van der Waals surface area (Å²) in [6.45, 7) is 6.09. The van der Waals surface area contributed by atoms with E-state index in [0.29, 0.717) is 23.6 Å². The Hall–Kier alpha value is -3.48. The smallest absolute Gasteiger partial charge is 0.319 e. The minimum absolute atomic E-state index is 0.0618. The van der Waals surface area contributed by atoms with Gasteiger partial charge in [-0.15, -0.1) is 0 Å². The number of hydrogen-bond acceptors (Lipinski definition) is 7. The number of allylic oxidation sites excluding steroid dienone is 1. The number of halogens is 1. The number of hydrogen-bond donors (Lipinski definition) is 2. The molecule has 1 aliphatic rings. The van der Waals surface area contributed by atoms with Crippen LogP contribution in [0.15, 0.2) is 47.0 Å². The SMILES string of the molecule is CCOc1ccc([C@@H]2C(C#N)=C(SCC(=O)Nc3ccc(C)cc3C)NC(=O)[C@H]2C(=O)OC)cc1Cl. The Bertz CT molecular complexity index is 1270. The third-order valence-corrected chi connectivity index (χ3v) is 6.91. The number of benzene rings is 2. The van der Waals surface area contributed by atoms with Gasteiger partial charge in [-0.1, -0.05) is 47.1 Å². The lowest BCUT2D eigenvalue weighted by atomic mass is 9.78. The molecule has 0 fully saturated rings. The topological polar surface area (TPSA) is 118 Å².